The number of fused-ring (bicyclic) bond motifs is 3. The van der Waals surface area contributed by atoms with Crippen LogP contribution in [0.25, 0.3) is 49.6 Å². The lowest BCUT2D eigenvalue weighted by molar-refractivity contribution is 1.23. The van der Waals surface area contributed by atoms with Gasteiger partial charge in [0, 0.05) is 21.9 Å². The molecule has 0 aliphatic rings. The molecule has 0 aliphatic carbocycles. The molecule has 0 saturated heterocycles. The zero-order valence-corrected chi connectivity index (χ0v) is 18.6. The molecule has 32 heavy (non-hydrogen) atoms. The molecule has 0 unspecified atom stereocenters. The van der Waals surface area contributed by atoms with Crippen molar-refractivity contribution in [2.45, 2.75) is 20.3 Å². The van der Waals surface area contributed by atoms with Crippen molar-refractivity contribution < 1.29 is 0 Å². The standard InChI is InChI=1S/C31H27N/c1-3-11-23(12-4-2)26-18-19-27(24-15-9-6-10-16-24)31-30(26)28-21-25(17-20-29(28)32-31)22-13-7-5-8-14-22/h3,5-21,32H,4H2,1-2H3/b11-3-,23-12+. The maximum Gasteiger partial charge on any atom is 0.0550 e. The number of allylic oxidation sites excluding steroid dienone is 4. The molecule has 0 aliphatic heterocycles. The second kappa shape index (κ2) is 8.72. The molecule has 0 spiro atoms. The molecule has 0 saturated carbocycles. The summed E-state index contributed by atoms with van der Waals surface area (Å²) < 4.78 is 0. The van der Waals surface area contributed by atoms with Gasteiger partial charge in [-0.05, 0) is 53.3 Å². The molecule has 0 atom stereocenters. The van der Waals surface area contributed by atoms with Crippen molar-refractivity contribution in [3.8, 4) is 22.3 Å². The van der Waals surface area contributed by atoms with Crippen LogP contribution < -0.4 is 0 Å². The molecule has 0 radical (unpaired) electrons. The molecule has 1 heteroatoms. The van der Waals surface area contributed by atoms with E-state index in [1.54, 1.807) is 0 Å². The first kappa shape index (κ1) is 20.1. The summed E-state index contributed by atoms with van der Waals surface area (Å²) >= 11 is 0. The third kappa shape index (κ3) is 3.56. The highest BCUT2D eigenvalue weighted by Crippen LogP contribution is 2.39. The van der Waals surface area contributed by atoms with E-state index >= 15 is 0 Å². The third-order valence-corrected chi connectivity index (χ3v) is 6.03. The van der Waals surface area contributed by atoms with Gasteiger partial charge in [0.25, 0.3) is 0 Å². The van der Waals surface area contributed by atoms with Gasteiger partial charge in [0.1, 0.15) is 0 Å². The van der Waals surface area contributed by atoms with E-state index in [9.17, 15) is 0 Å². The van der Waals surface area contributed by atoms with Crippen molar-refractivity contribution in [3.05, 3.63) is 115 Å². The summed E-state index contributed by atoms with van der Waals surface area (Å²) in [5.74, 6) is 0. The SMILES string of the molecule is C/C=C\C(=C/CC)c1ccc(-c2ccccc2)c2[nH]c3ccc(-c4ccccc4)cc3c12. The molecule has 0 amide bonds. The summed E-state index contributed by atoms with van der Waals surface area (Å²) in [5.41, 5.74) is 9.84. The second-order valence-corrected chi connectivity index (χ2v) is 8.10. The van der Waals surface area contributed by atoms with Gasteiger partial charge in [-0.25, -0.2) is 0 Å². The van der Waals surface area contributed by atoms with Gasteiger partial charge in [-0.3, -0.25) is 0 Å². The predicted octanol–water partition coefficient (Wildman–Crippen LogP) is 9.02. The summed E-state index contributed by atoms with van der Waals surface area (Å²) in [7, 11) is 0. The molecule has 156 valence electrons. The fourth-order valence-corrected chi connectivity index (χ4v) is 4.58. The van der Waals surface area contributed by atoms with Gasteiger partial charge in [-0.1, -0.05) is 104 Å². The first-order valence-electron chi connectivity index (χ1n) is 11.3. The van der Waals surface area contributed by atoms with E-state index in [4.69, 9.17) is 0 Å². The van der Waals surface area contributed by atoms with Crippen LogP contribution in [0.1, 0.15) is 25.8 Å². The molecule has 1 nitrogen and oxygen atoms in total. The van der Waals surface area contributed by atoms with Crippen molar-refractivity contribution in [1.29, 1.82) is 0 Å². The molecule has 5 aromatic rings. The first-order valence-corrected chi connectivity index (χ1v) is 11.3. The molecular formula is C31H27N. The quantitative estimate of drug-likeness (QED) is 0.277. The minimum atomic E-state index is 0.999. The summed E-state index contributed by atoms with van der Waals surface area (Å²) in [6.45, 7) is 4.28. The normalized spacial score (nSPS) is 12.2. The highest BCUT2D eigenvalue weighted by atomic mass is 14.7. The van der Waals surface area contributed by atoms with Crippen LogP contribution in [-0.4, -0.2) is 4.98 Å². The fraction of sp³-hybridized carbons (Fsp3) is 0.0968. The molecule has 0 fully saturated rings. The average molecular weight is 414 g/mol. The average Bonchev–Trinajstić information content (AvgIpc) is 3.23. The minimum Gasteiger partial charge on any atom is -0.354 e. The molecular weight excluding hydrogens is 386 g/mol. The maximum absolute atomic E-state index is 3.75. The molecule has 1 N–H and O–H groups in total. The van der Waals surface area contributed by atoms with E-state index in [2.05, 4.69) is 128 Å². The van der Waals surface area contributed by atoms with Crippen molar-refractivity contribution in [2.24, 2.45) is 0 Å². The van der Waals surface area contributed by atoms with Crippen molar-refractivity contribution >= 4 is 27.4 Å². The highest BCUT2D eigenvalue weighted by Gasteiger charge is 2.16. The lowest BCUT2D eigenvalue weighted by Crippen LogP contribution is -1.87. The Morgan fingerprint density at radius 1 is 0.781 bits per heavy atom. The Balaban J connectivity index is 1.86. The number of aromatic nitrogens is 1. The summed E-state index contributed by atoms with van der Waals surface area (Å²) in [4.78, 5) is 3.75. The molecule has 1 aromatic heterocycles. The van der Waals surface area contributed by atoms with E-state index < -0.39 is 0 Å². The highest BCUT2D eigenvalue weighted by molar-refractivity contribution is 6.17. The lowest BCUT2D eigenvalue weighted by Gasteiger charge is -2.11. The number of hydrogen-bond acceptors (Lipinski definition) is 0. The molecule has 4 aromatic carbocycles. The van der Waals surface area contributed by atoms with Crippen LogP contribution in [0.3, 0.4) is 0 Å². The summed E-state index contributed by atoms with van der Waals surface area (Å²) in [6, 6.07) is 32.6. The Labute approximate surface area is 189 Å². The fourth-order valence-electron chi connectivity index (χ4n) is 4.58. The van der Waals surface area contributed by atoms with Crippen LogP contribution in [0.4, 0.5) is 0 Å². The van der Waals surface area contributed by atoms with Gasteiger partial charge in [0.2, 0.25) is 0 Å². The number of aromatic amines is 1. The van der Waals surface area contributed by atoms with Gasteiger partial charge < -0.3 is 4.98 Å². The van der Waals surface area contributed by atoms with Gasteiger partial charge in [0.05, 0.1) is 5.52 Å². The van der Waals surface area contributed by atoms with Crippen LogP contribution in [0.2, 0.25) is 0 Å². The lowest BCUT2D eigenvalue weighted by atomic mass is 9.93. The number of nitrogens with one attached hydrogen (secondary N) is 1. The smallest absolute Gasteiger partial charge is 0.0550 e. The minimum absolute atomic E-state index is 0.999. The largest absolute Gasteiger partial charge is 0.354 e. The van der Waals surface area contributed by atoms with E-state index in [1.165, 1.54) is 55.2 Å². The van der Waals surface area contributed by atoms with Crippen molar-refractivity contribution in [2.75, 3.05) is 0 Å². The number of hydrogen-bond donors (Lipinski definition) is 1. The maximum atomic E-state index is 3.75. The van der Waals surface area contributed by atoms with Gasteiger partial charge >= 0.3 is 0 Å². The Morgan fingerprint density at radius 2 is 1.50 bits per heavy atom. The van der Waals surface area contributed by atoms with Gasteiger partial charge in [-0.15, -0.1) is 0 Å². The van der Waals surface area contributed by atoms with E-state index in [1.807, 2.05) is 0 Å². The number of rotatable bonds is 5. The Morgan fingerprint density at radius 3 is 2.19 bits per heavy atom. The van der Waals surface area contributed by atoms with Crippen molar-refractivity contribution in [1.82, 2.24) is 4.98 Å². The van der Waals surface area contributed by atoms with Gasteiger partial charge in [0.15, 0.2) is 0 Å². The Hall–Kier alpha value is -3.84. The third-order valence-electron chi connectivity index (χ3n) is 6.03. The van der Waals surface area contributed by atoms with E-state index in [-0.39, 0.29) is 0 Å². The van der Waals surface area contributed by atoms with Crippen LogP contribution in [0, 0.1) is 0 Å². The topological polar surface area (TPSA) is 15.8 Å². The molecule has 0 bridgehead atoms. The van der Waals surface area contributed by atoms with Crippen molar-refractivity contribution in [3.63, 3.8) is 0 Å². The van der Waals surface area contributed by atoms with Crippen LogP contribution >= 0.6 is 0 Å². The van der Waals surface area contributed by atoms with Crippen LogP contribution in [-0.2, 0) is 0 Å². The number of benzene rings is 4. The zero-order chi connectivity index (χ0) is 21.9. The summed E-state index contributed by atoms with van der Waals surface area (Å²) in [6.07, 6.45) is 7.67. The van der Waals surface area contributed by atoms with Gasteiger partial charge in [-0.2, -0.15) is 0 Å². The van der Waals surface area contributed by atoms with Crippen LogP contribution in [0.5, 0.6) is 0 Å². The number of H-pyrrole nitrogens is 1. The second-order valence-electron chi connectivity index (χ2n) is 8.10. The Bertz CT molecular complexity index is 1430. The first-order chi connectivity index (χ1) is 15.8. The predicted molar refractivity (Wildman–Crippen MR) is 140 cm³/mol. The van der Waals surface area contributed by atoms with E-state index in [0.29, 0.717) is 0 Å². The zero-order valence-electron chi connectivity index (χ0n) is 18.6. The Kier molecular flexibility index (Phi) is 5.47. The molecule has 5 rings (SSSR count). The van der Waals surface area contributed by atoms with Crippen LogP contribution in [0.15, 0.2) is 109 Å². The van der Waals surface area contributed by atoms with E-state index in [0.717, 1.165) is 6.42 Å². The molecule has 1 heterocycles. The summed E-state index contributed by atoms with van der Waals surface area (Å²) in [5, 5.41) is 2.55. The monoisotopic (exact) mass is 413 g/mol.